The summed E-state index contributed by atoms with van der Waals surface area (Å²) in [6, 6.07) is 6.44. The SMILES string of the molecule is Cn1cc(C(=O)c2ccc(F)cc2)cc1C(=O)C(Cl)(Cl)Cl. The molecule has 0 bridgehead atoms. The molecule has 1 aromatic carbocycles. The highest BCUT2D eigenvalue weighted by Gasteiger charge is 2.34. The maximum Gasteiger partial charge on any atom is 0.255 e. The first-order valence-electron chi connectivity index (χ1n) is 5.78. The molecule has 0 aliphatic rings. The van der Waals surface area contributed by atoms with Gasteiger partial charge in [0.2, 0.25) is 5.78 Å². The molecule has 0 spiro atoms. The molecule has 0 N–H and O–H groups in total. The van der Waals surface area contributed by atoms with E-state index in [9.17, 15) is 14.0 Å². The van der Waals surface area contributed by atoms with Gasteiger partial charge in [-0.25, -0.2) is 4.39 Å². The van der Waals surface area contributed by atoms with Crippen LogP contribution in [-0.4, -0.2) is 19.9 Å². The van der Waals surface area contributed by atoms with Gasteiger partial charge in [-0.1, -0.05) is 34.8 Å². The predicted molar refractivity (Wildman–Crippen MR) is 79.9 cm³/mol. The minimum atomic E-state index is -2.09. The number of aromatic nitrogens is 1. The number of ketones is 2. The second kappa shape index (κ2) is 5.79. The van der Waals surface area contributed by atoms with Crippen LogP contribution in [0.3, 0.4) is 0 Å². The number of hydrogen-bond acceptors (Lipinski definition) is 2. The van der Waals surface area contributed by atoms with Crippen molar-refractivity contribution in [2.45, 2.75) is 3.79 Å². The Kier molecular flexibility index (Phi) is 4.42. The van der Waals surface area contributed by atoms with Crippen molar-refractivity contribution in [1.82, 2.24) is 4.57 Å². The number of alkyl halides is 3. The van der Waals surface area contributed by atoms with Crippen LogP contribution in [0.4, 0.5) is 4.39 Å². The Bertz CT molecular complexity index is 702. The molecule has 0 atom stereocenters. The van der Waals surface area contributed by atoms with Crippen LogP contribution in [0.5, 0.6) is 0 Å². The van der Waals surface area contributed by atoms with E-state index in [2.05, 4.69) is 0 Å². The summed E-state index contributed by atoms with van der Waals surface area (Å²) in [5, 5.41) is 0. The van der Waals surface area contributed by atoms with E-state index in [0.29, 0.717) is 5.56 Å². The van der Waals surface area contributed by atoms with Gasteiger partial charge >= 0.3 is 0 Å². The lowest BCUT2D eigenvalue weighted by atomic mass is 10.1. The van der Waals surface area contributed by atoms with Gasteiger partial charge in [0.05, 0.1) is 5.69 Å². The summed E-state index contributed by atoms with van der Waals surface area (Å²) in [7, 11) is 1.56. The van der Waals surface area contributed by atoms with E-state index in [-0.39, 0.29) is 17.0 Å². The van der Waals surface area contributed by atoms with E-state index in [1.807, 2.05) is 0 Å². The van der Waals surface area contributed by atoms with E-state index in [0.717, 1.165) is 0 Å². The number of Topliss-reactive ketones (excluding diaryl/α,β-unsaturated/α-hetero) is 1. The van der Waals surface area contributed by atoms with Crippen molar-refractivity contribution < 1.29 is 14.0 Å². The molecule has 0 saturated carbocycles. The minimum Gasteiger partial charge on any atom is -0.347 e. The van der Waals surface area contributed by atoms with Gasteiger partial charge in [-0.05, 0) is 30.3 Å². The highest BCUT2D eigenvalue weighted by Crippen LogP contribution is 2.31. The molecule has 1 aromatic heterocycles. The average Bonchev–Trinajstić information content (AvgIpc) is 2.79. The standard InChI is InChI=1S/C14H9Cl3FNO2/c1-19-7-9(6-11(19)13(21)14(15,16)17)12(20)8-2-4-10(18)5-3-8/h2-7H,1H3. The monoisotopic (exact) mass is 347 g/mol. The molecule has 0 aliphatic carbocycles. The van der Waals surface area contributed by atoms with E-state index in [4.69, 9.17) is 34.8 Å². The van der Waals surface area contributed by atoms with E-state index in [1.54, 1.807) is 7.05 Å². The van der Waals surface area contributed by atoms with Gasteiger partial charge in [-0.3, -0.25) is 9.59 Å². The van der Waals surface area contributed by atoms with Gasteiger partial charge in [0, 0.05) is 24.4 Å². The molecule has 21 heavy (non-hydrogen) atoms. The quantitative estimate of drug-likeness (QED) is 0.622. The van der Waals surface area contributed by atoms with Gasteiger partial charge in [-0.2, -0.15) is 0 Å². The zero-order valence-electron chi connectivity index (χ0n) is 10.7. The summed E-state index contributed by atoms with van der Waals surface area (Å²) in [5.74, 6) is -1.52. The maximum atomic E-state index is 12.9. The molecule has 7 heteroatoms. The fourth-order valence-corrected chi connectivity index (χ4v) is 2.12. The molecule has 2 rings (SSSR count). The van der Waals surface area contributed by atoms with Crippen molar-refractivity contribution in [3.05, 3.63) is 59.2 Å². The van der Waals surface area contributed by atoms with Crippen molar-refractivity contribution >= 4 is 46.4 Å². The number of nitrogens with zero attached hydrogens (tertiary/aromatic N) is 1. The topological polar surface area (TPSA) is 39.1 Å². The van der Waals surface area contributed by atoms with Crippen LogP contribution in [0.2, 0.25) is 0 Å². The molecule has 0 saturated heterocycles. The van der Waals surface area contributed by atoms with Crippen molar-refractivity contribution in [3.63, 3.8) is 0 Å². The predicted octanol–water partition coefficient (Wildman–Crippen LogP) is 3.95. The summed E-state index contributed by atoms with van der Waals surface area (Å²) in [6.07, 6.45) is 1.45. The molecule has 0 unspecified atom stereocenters. The smallest absolute Gasteiger partial charge is 0.255 e. The Morgan fingerprint density at radius 2 is 1.67 bits per heavy atom. The van der Waals surface area contributed by atoms with Crippen LogP contribution in [0.1, 0.15) is 26.4 Å². The normalized spacial score (nSPS) is 11.5. The van der Waals surface area contributed by atoms with Crippen LogP contribution in [0, 0.1) is 5.82 Å². The van der Waals surface area contributed by atoms with E-state index < -0.39 is 15.4 Å². The Morgan fingerprint density at radius 1 is 1.10 bits per heavy atom. The first-order chi connectivity index (χ1) is 9.70. The van der Waals surface area contributed by atoms with Crippen molar-refractivity contribution in [2.24, 2.45) is 7.05 Å². The largest absolute Gasteiger partial charge is 0.347 e. The number of aryl methyl sites for hydroxylation is 1. The van der Waals surface area contributed by atoms with Crippen LogP contribution in [0.25, 0.3) is 0 Å². The third kappa shape index (κ3) is 3.46. The lowest BCUT2D eigenvalue weighted by molar-refractivity contribution is 0.0988. The molecule has 110 valence electrons. The highest BCUT2D eigenvalue weighted by molar-refractivity contribution is 6.77. The number of rotatable bonds is 3. The lowest BCUT2D eigenvalue weighted by Gasteiger charge is -2.09. The number of benzene rings is 1. The molecule has 2 aromatic rings. The van der Waals surface area contributed by atoms with Crippen LogP contribution in [-0.2, 0) is 7.05 Å². The minimum absolute atomic E-state index is 0.0976. The van der Waals surface area contributed by atoms with Gasteiger partial charge < -0.3 is 4.57 Å². The third-order valence-corrected chi connectivity index (χ3v) is 3.38. The summed E-state index contributed by atoms with van der Waals surface area (Å²) in [6.45, 7) is 0. The van der Waals surface area contributed by atoms with Gasteiger partial charge in [-0.15, -0.1) is 0 Å². The molecule has 1 heterocycles. The van der Waals surface area contributed by atoms with Crippen LogP contribution >= 0.6 is 34.8 Å². The Balaban J connectivity index is 2.36. The van der Waals surface area contributed by atoms with Gasteiger partial charge in [0.25, 0.3) is 3.79 Å². The second-order valence-corrected chi connectivity index (χ2v) is 6.67. The highest BCUT2D eigenvalue weighted by atomic mass is 35.6. The molecular weight excluding hydrogens is 340 g/mol. The zero-order valence-corrected chi connectivity index (χ0v) is 13.0. The van der Waals surface area contributed by atoms with Crippen LogP contribution < -0.4 is 0 Å². The summed E-state index contributed by atoms with van der Waals surface area (Å²) in [5.41, 5.74) is 0.650. The van der Waals surface area contributed by atoms with Gasteiger partial charge in [0.1, 0.15) is 5.82 Å². The van der Waals surface area contributed by atoms with Gasteiger partial charge in [0.15, 0.2) is 5.78 Å². The third-order valence-electron chi connectivity index (χ3n) is 2.86. The fourth-order valence-electron chi connectivity index (χ4n) is 1.83. The fraction of sp³-hybridized carbons (Fsp3) is 0.143. The summed E-state index contributed by atoms with van der Waals surface area (Å²) < 4.78 is 12.2. The Morgan fingerprint density at radius 3 is 2.19 bits per heavy atom. The van der Waals surface area contributed by atoms with Crippen molar-refractivity contribution in [1.29, 1.82) is 0 Å². The van der Waals surface area contributed by atoms with E-state index >= 15 is 0 Å². The number of hydrogen-bond donors (Lipinski definition) is 0. The molecule has 0 radical (unpaired) electrons. The number of carbonyl (C=O) groups excluding carboxylic acids is 2. The first kappa shape index (κ1) is 16.0. The maximum absolute atomic E-state index is 12.9. The Hall–Kier alpha value is -1.36. The molecule has 0 aliphatic heterocycles. The lowest BCUT2D eigenvalue weighted by Crippen LogP contribution is -2.21. The average molecular weight is 349 g/mol. The number of halogens is 4. The Labute approximate surface area is 135 Å². The molecule has 0 fully saturated rings. The van der Waals surface area contributed by atoms with E-state index in [1.165, 1.54) is 41.1 Å². The molecule has 0 amide bonds. The molecule has 3 nitrogen and oxygen atoms in total. The zero-order chi connectivity index (χ0) is 15.8. The number of carbonyl (C=O) groups is 2. The molecular formula is C14H9Cl3FNO2. The summed E-state index contributed by atoms with van der Waals surface area (Å²) in [4.78, 5) is 24.2. The second-order valence-electron chi connectivity index (χ2n) is 4.39. The summed E-state index contributed by atoms with van der Waals surface area (Å²) >= 11 is 16.7. The van der Waals surface area contributed by atoms with Crippen molar-refractivity contribution in [3.8, 4) is 0 Å². The van der Waals surface area contributed by atoms with Crippen LogP contribution in [0.15, 0.2) is 36.5 Å². The first-order valence-corrected chi connectivity index (χ1v) is 6.91. The van der Waals surface area contributed by atoms with Crippen molar-refractivity contribution in [2.75, 3.05) is 0 Å².